The maximum Gasteiger partial charge on any atom is 1.00 e. The van der Waals surface area contributed by atoms with Crippen molar-refractivity contribution >= 4 is 45.6 Å². The fourth-order valence-corrected chi connectivity index (χ4v) is 8.11. The molecule has 0 amide bonds. The minimum absolute atomic E-state index is 0. The van der Waals surface area contributed by atoms with Gasteiger partial charge in [-0.15, -0.1) is 0 Å². The Kier molecular flexibility index (Phi) is 16.5. The summed E-state index contributed by atoms with van der Waals surface area (Å²) in [6.45, 7) is 9.58. The van der Waals surface area contributed by atoms with Gasteiger partial charge in [0.1, 0.15) is 21.8 Å². The number of fused-ring (bicyclic) bond motifs is 2. The van der Waals surface area contributed by atoms with Gasteiger partial charge < -0.3 is 19.0 Å². The fourth-order valence-electron chi connectivity index (χ4n) is 7.25. The molecule has 2 atom stereocenters. The topological polar surface area (TPSA) is 131 Å². The van der Waals surface area contributed by atoms with Crippen molar-refractivity contribution in [3.05, 3.63) is 83.6 Å². The van der Waals surface area contributed by atoms with Crippen LogP contribution in [0.3, 0.4) is 0 Å². The Morgan fingerprint density at radius 2 is 1.59 bits per heavy atom. The van der Waals surface area contributed by atoms with Crippen LogP contribution in [0.5, 0.6) is 0 Å². The summed E-state index contributed by atoms with van der Waals surface area (Å²) in [7, 11) is -4.66. The quantitative estimate of drug-likeness (QED) is 0.0356. The second-order valence-corrected chi connectivity index (χ2v) is 16.1. The van der Waals surface area contributed by atoms with Crippen molar-refractivity contribution in [3.8, 4) is 0 Å². The molecule has 9 nitrogen and oxygen atoms in total. The number of carbonyl (C=O) groups excluding carboxylic acids is 2. The normalized spacial score (nSPS) is 19.8. The molecule has 0 saturated heterocycles. The minimum Gasteiger partial charge on any atom is -0.744 e. The zero-order valence-corrected chi connectivity index (χ0v) is 34.6. The largest absolute Gasteiger partial charge is 1.00 e. The minimum atomic E-state index is -4.66. The SMILES string of the molecule is CC1(C)\C(=C/C=C/C=C/C2[NH+](CCCCCC(=O)F)c3ccc(SO[O-])cc3C2(C)C)N(CCCCCC(=O)F)c2ccc(S(=O)(=O)[O-])cc21.[K+]. The second-order valence-electron chi connectivity index (χ2n) is 13.9. The molecule has 51 heavy (non-hydrogen) atoms. The summed E-state index contributed by atoms with van der Waals surface area (Å²) in [6.07, 6.45) is 13.5. The molecule has 2 unspecified atom stereocenters. The number of benzene rings is 2. The molecule has 2 aromatic carbocycles. The zero-order chi connectivity index (χ0) is 36.7. The van der Waals surface area contributed by atoms with Gasteiger partial charge in [-0.25, -0.2) is 8.42 Å². The molecular formula is C37H45F2KN2O7S2. The molecule has 272 valence electrons. The van der Waals surface area contributed by atoms with Crippen molar-refractivity contribution in [3.63, 3.8) is 0 Å². The first-order valence-corrected chi connectivity index (χ1v) is 19.0. The molecule has 0 spiro atoms. The molecule has 0 fully saturated rings. The van der Waals surface area contributed by atoms with Crippen molar-refractivity contribution in [1.82, 2.24) is 0 Å². The van der Waals surface area contributed by atoms with Crippen molar-refractivity contribution in [2.24, 2.45) is 0 Å². The van der Waals surface area contributed by atoms with Gasteiger partial charge in [-0.2, -0.15) is 8.78 Å². The summed E-state index contributed by atoms with van der Waals surface area (Å²) in [4.78, 5) is 25.3. The van der Waals surface area contributed by atoms with E-state index >= 15 is 0 Å². The molecule has 4 rings (SSSR count). The Morgan fingerprint density at radius 3 is 2.22 bits per heavy atom. The third-order valence-electron chi connectivity index (χ3n) is 9.82. The van der Waals surface area contributed by atoms with Crippen molar-refractivity contribution < 1.29 is 97.2 Å². The van der Waals surface area contributed by atoms with Gasteiger partial charge in [0.2, 0.25) is 0 Å². The van der Waals surface area contributed by atoms with E-state index in [0.29, 0.717) is 42.7 Å². The number of nitrogens with one attached hydrogen (secondary N) is 1. The number of rotatable bonds is 18. The van der Waals surface area contributed by atoms with Crippen LogP contribution in [0.25, 0.3) is 0 Å². The van der Waals surface area contributed by atoms with Gasteiger partial charge in [0.05, 0.1) is 16.9 Å². The van der Waals surface area contributed by atoms with Gasteiger partial charge >= 0.3 is 63.5 Å². The van der Waals surface area contributed by atoms with E-state index in [1.807, 2.05) is 56.4 Å². The molecule has 2 aliphatic heterocycles. The number of anilines is 1. The monoisotopic (exact) mass is 770 g/mol. The Hall–Kier alpha value is -1.56. The number of quaternary nitrogens is 1. The van der Waals surface area contributed by atoms with Crippen LogP contribution in [0.2, 0.25) is 0 Å². The van der Waals surface area contributed by atoms with Gasteiger partial charge in [-0.05, 0) is 94.0 Å². The maximum absolute atomic E-state index is 12.7. The van der Waals surface area contributed by atoms with Crippen LogP contribution in [0.4, 0.5) is 20.2 Å². The van der Waals surface area contributed by atoms with E-state index in [9.17, 15) is 36.6 Å². The molecule has 0 radical (unpaired) electrons. The smallest absolute Gasteiger partial charge is 0.744 e. The van der Waals surface area contributed by atoms with E-state index in [2.05, 4.69) is 29.2 Å². The third-order valence-corrected chi connectivity index (χ3v) is 11.2. The summed E-state index contributed by atoms with van der Waals surface area (Å²) in [5, 5.41) is 10.8. The average Bonchev–Trinajstić information content (AvgIpc) is 3.38. The molecular weight excluding hydrogens is 726 g/mol. The van der Waals surface area contributed by atoms with Gasteiger partial charge in [-0.1, -0.05) is 38.5 Å². The number of halogens is 2. The van der Waals surface area contributed by atoms with Crippen LogP contribution in [0.1, 0.15) is 90.2 Å². The summed E-state index contributed by atoms with van der Waals surface area (Å²) in [5.74, 6) is 0. The molecule has 0 aliphatic carbocycles. The number of carbonyl (C=O) groups is 2. The molecule has 0 saturated carbocycles. The number of hydrogen-bond acceptors (Lipinski definition) is 9. The van der Waals surface area contributed by atoms with E-state index < -0.39 is 27.6 Å². The second kappa shape index (κ2) is 19.2. The van der Waals surface area contributed by atoms with Gasteiger partial charge in [0.15, 0.2) is 0 Å². The van der Waals surface area contributed by atoms with E-state index in [4.69, 9.17) is 0 Å². The van der Waals surface area contributed by atoms with Gasteiger partial charge in [0, 0.05) is 64.8 Å². The summed E-state index contributed by atoms with van der Waals surface area (Å²) < 4.78 is 65.1. The number of allylic oxidation sites excluding steroid dienone is 5. The third kappa shape index (κ3) is 11.0. The van der Waals surface area contributed by atoms with Crippen LogP contribution in [0, 0.1) is 0 Å². The van der Waals surface area contributed by atoms with Crippen LogP contribution in [-0.4, -0.2) is 44.2 Å². The van der Waals surface area contributed by atoms with E-state index in [1.165, 1.54) is 17.0 Å². The summed E-state index contributed by atoms with van der Waals surface area (Å²) in [5.41, 5.74) is 3.68. The maximum atomic E-state index is 12.7. The Morgan fingerprint density at radius 1 is 0.922 bits per heavy atom. The zero-order valence-electron chi connectivity index (χ0n) is 29.9. The van der Waals surface area contributed by atoms with E-state index in [-0.39, 0.29) is 80.6 Å². The van der Waals surface area contributed by atoms with Crippen LogP contribution in [-0.2, 0) is 34.9 Å². The average molecular weight is 771 g/mol. The standard InChI is InChI=1S/C37H46F2N2O7S2.K/c1-36(2)28-24-26(49-48-44)18-20-30(28)40(22-12-6-10-16-34(38)42)32(36)14-8-5-9-15-33-37(3,4)29-25-27(50(45,46)47)19-21-31(29)41(33)23-13-7-11-17-35(39)43;/h5,8-9,14-15,18-21,24-25,32,44H,6-7,10-13,16-17,22-23H2,1-4H3,(H,45,46,47);/q;+1/p-1/b9-5+,14-8+,33-15+;. The van der Waals surface area contributed by atoms with Crippen molar-refractivity contribution in [2.45, 2.75) is 106 Å². The molecule has 1 N–H and O–H groups in total. The number of nitrogens with zero attached hydrogens (tertiary/aromatic N) is 1. The summed E-state index contributed by atoms with van der Waals surface area (Å²) >= 11 is 0.768. The Bertz CT molecular complexity index is 1760. The number of hydrogen-bond donors (Lipinski definition) is 1. The molecule has 14 heteroatoms. The van der Waals surface area contributed by atoms with Crippen LogP contribution < -0.4 is 66.4 Å². The molecule has 0 bridgehead atoms. The van der Waals surface area contributed by atoms with Crippen LogP contribution >= 0.6 is 12.0 Å². The predicted molar refractivity (Wildman–Crippen MR) is 186 cm³/mol. The first-order chi connectivity index (χ1) is 23.6. The van der Waals surface area contributed by atoms with E-state index in [1.54, 1.807) is 6.07 Å². The number of unbranched alkanes of at least 4 members (excludes halogenated alkanes) is 4. The first kappa shape index (κ1) is 43.8. The molecule has 0 aromatic heterocycles. The molecule has 2 aliphatic rings. The van der Waals surface area contributed by atoms with E-state index in [0.717, 1.165) is 54.1 Å². The Balaban J connectivity index is 0.00000702. The van der Waals surface area contributed by atoms with Gasteiger partial charge in [0.25, 0.3) is 0 Å². The predicted octanol–water partition coefficient (Wildman–Crippen LogP) is 2.98. The fraction of sp³-hybridized carbons (Fsp3) is 0.459. The van der Waals surface area contributed by atoms with Gasteiger partial charge in [-0.3, -0.25) is 14.5 Å². The Labute approximate surface area is 346 Å². The van der Waals surface area contributed by atoms with Crippen molar-refractivity contribution in [1.29, 1.82) is 0 Å². The molecule has 2 heterocycles. The first-order valence-electron chi connectivity index (χ1n) is 16.9. The summed E-state index contributed by atoms with van der Waals surface area (Å²) in [6, 6.07) is 7.67. The van der Waals surface area contributed by atoms with Crippen molar-refractivity contribution in [2.75, 3.05) is 18.0 Å². The molecule has 2 aromatic rings. The van der Waals surface area contributed by atoms with Crippen LogP contribution in [0.15, 0.2) is 82.3 Å².